The fraction of sp³-hybridized carbons (Fsp3) is 0.600. The SMILES string of the molecule is CNCCCCCN1c2ccccc2CC1C. The molecule has 1 unspecified atom stereocenters. The molecule has 0 radical (unpaired) electrons. The number of benzene rings is 1. The molecule has 1 atom stereocenters. The molecule has 0 spiro atoms. The minimum absolute atomic E-state index is 0.678. The Balaban J connectivity index is 1.84. The van der Waals surface area contributed by atoms with Crippen molar-refractivity contribution in [2.75, 3.05) is 25.0 Å². The van der Waals surface area contributed by atoms with Crippen LogP contribution in [-0.4, -0.2) is 26.2 Å². The van der Waals surface area contributed by atoms with Gasteiger partial charge in [0.1, 0.15) is 0 Å². The molecular formula is C15H24N2. The number of nitrogens with one attached hydrogen (secondary N) is 1. The largest absolute Gasteiger partial charge is 0.368 e. The lowest BCUT2D eigenvalue weighted by molar-refractivity contribution is 0.599. The van der Waals surface area contributed by atoms with Crippen molar-refractivity contribution in [3.05, 3.63) is 29.8 Å². The van der Waals surface area contributed by atoms with Gasteiger partial charge in [-0.15, -0.1) is 0 Å². The van der Waals surface area contributed by atoms with Crippen LogP contribution in [0, 0.1) is 0 Å². The normalized spacial score (nSPS) is 18.5. The van der Waals surface area contributed by atoms with Crippen LogP contribution in [0.4, 0.5) is 5.69 Å². The van der Waals surface area contributed by atoms with Crippen molar-refractivity contribution in [3.8, 4) is 0 Å². The third-order valence-corrected chi connectivity index (χ3v) is 3.67. The van der Waals surface area contributed by atoms with Gasteiger partial charge in [0.25, 0.3) is 0 Å². The average Bonchev–Trinajstić information content (AvgIpc) is 2.65. The molecule has 1 aromatic rings. The van der Waals surface area contributed by atoms with E-state index in [0.29, 0.717) is 6.04 Å². The first-order chi connectivity index (χ1) is 8.33. The Kier molecular flexibility index (Phi) is 4.43. The minimum Gasteiger partial charge on any atom is -0.368 e. The van der Waals surface area contributed by atoms with Crippen molar-refractivity contribution in [1.29, 1.82) is 0 Å². The Morgan fingerprint density at radius 3 is 2.88 bits per heavy atom. The summed E-state index contributed by atoms with van der Waals surface area (Å²) in [5.74, 6) is 0. The molecule has 17 heavy (non-hydrogen) atoms. The van der Waals surface area contributed by atoms with Crippen molar-refractivity contribution in [3.63, 3.8) is 0 Å². The first kappa shape index (κ1) is 12.4. The van der Waals surface area contributed by atoms with Gasteiger partial charge < -0.3 is 10.2 Å². The van der Waals surface area contributed by atoms with E-state index in [1.54, 1.807) is 0 Å². The van der Waals surface area contributed by atoms with E-state index in [-0.39, 0.29) is 0 Å². The quantitative estimate of drug-likeness (QED) is 0.759. The molecule has 0 saturated heterocycles. The summed E-state index contributed by atoms with van der Waals surface area (Å²) in [6.45, 7) is 4.70. The maximum Gasteiger partial charge on any atom is 0.0402 e. The fourth-order valence-corrected chi connectivity index (χ4v) is 2.73. The molecule has 1 aromatic carbocycles. The minimum atomic E-state index is 0.678. The predicted octanol–water partition coefficient (Wildman–Crippen LogP) is 2.83. The zero-order valence-corrected chi connectivity index (χ0v) is 11.1. The highest BCUT2D eigenvalue weighted by atomic mass is 15.2. The van der Waals surface area contributed by atoms with E-state index in [9.17, 15) is 0 Å². The maximum atomic E-state index is 3.21. The number of anilines is 1. The van der Waals surface area contributed by atoms with E-state index in [1.165, 1.54) is 43.5 Å². The Bertz CT molecular complexity index is 349. The summed E-state index contributed by atoms with van der Waals surface area (Å²) in [6.07, 6.45) is 5.14. The lowest BCUT2D eigenvalue weighted by Gasteiger charge is -2.24. The molecule has 0 aliphatic carbocycles. The molecule has 0 aromatic heterocycles. The first-order valence-electron chi connectivity index (χ1n) is 6.82. The number of nitrogens with zero attached hydrogens (tertiary/aromatic N) is 1. The summed E-state index contributed by atoms with van der Waals surface area (Å²) >= 11 is 0. The number of hydrogen-bond donors (Lipinski definition) is 1. The summed E-state index contributed by atoms with van der Waals surface area (Å²) in [5, 5.41) is 3.21. The number of unbranched alkanes of at least 4 members (excludes halogenated alkanes) is 2. The number of rotatable bonds is 6. The zero-order valence-electron chi connectivity index (χ0n) is 11.1. The van der Waals surface area contributed by atoms with Crippen LogP contribution in [0.3, 0.4) is 0 Å². The van der Waals surface area contributed by atoms with Crippen molar-refractivity contribution in [2.24, 2.45) is 0 Å². The van der Waals surface area contributed by atoms with Crippen LogP contribution in [0.5, 0.6) is 0 Å². The molecule has 0 fully saturated rings. The van der Waals surface area contributed by atoms with E-state index in [4.69, 9.17) is 0 Å². The highest BCUT2D eigenvalue weighted by molar-refractivity contribution is 5.59. The summed E-state index contributed by atoms with van der Waals surface area (Å²) < 4.78 is 0. The molecule has 0 saturated carbocycles. The molecule has 0 bridgehead atoms. The van der Waals surface area contributed by atoms with Gasteiger partial charge in [-0.1, -0.05) is 24.6 Å². The topological polar surface area (TPSA) is 15.3 Å². The number of fused-ring (bicyclic) bond motifs is 1. The molecular weight excluding hydrogens is 208 g/mol. The molecule has 1 aliphatic heterocycles. The number of para-hydroxylation sites is 1. The van der Waals surface area contributed by atoms with Crippen LogP contribution < -0.4 is 10.2 Å². The van der Waals surface area contributed by atoms with Crippen molar-refractivity contribution >= 4 is 5.69 Å². The highest BCUT2D eigenvalue weighted by Gasteiger charge is 2.24. The van der Waals surface area contributed by atoms with Gasteiger partial charge in [0, 0.05) is 18.3 Å². The Morgan fingerprint density at radius 1 is 1.24 bits per heavy atom. The predicted molar refractivity (Wildman–Crippen MR) is 74.7 cm³/mol. The second-order valence-electron chi connectivity index (χ2n) is 5.04. The molecule has 94 valence electrons. The zero-order chi connectivity index (χ0) is 12.1. The fourth-order valence-electron chi connectivity index (χ4n) is 2.73. The van der Waals surface area contributed by atoms with E-state index in [2.05, 4.69) is 41.4 Å². The molecule has 2 nitrogen and oxygen atoms in total. The van der Waals surface area contributed by atoms with Crippen LogP contribution >= 0.6 is 0 Å². The van der Waals surface area contributed by atoms with Crippen LogP contribution in [-0.2, 0) is 6.42 Å². The Labute approximate surface area is 105 Å². The molecule has 1 N–H and O–H groups in total. The summed E-state index contributed by atoms with van der Waals surface area (Å²) in [7, 11) is 2.03. The standard InChI is InChI=1S/C15H24N2/c1-13-12-14-8-4-5-9-15(14)17(13)11-7-3-6-10-16-2/h4-5,8-9,13,16H,3,6-7,10-12H2,1-2H3. The smallest absolute Gasteiger partial charge is 0.0402 e. The van der Waals surface area contributed by atoms with E-state index >= 15 is 0 Å². The van der Waals surface area contributed by atoms with Gasteiger partial charge >= 0.3 is 0 Å². The summed E-state index contributed by atoms with van der Waals surface area (Å²) in [5.41, 5.74) is 2.99. The average molecular weight is 232 g/mol. The van der Waals surface area contributed by atoms with Gasteiger partial charge in [0.05, 0.1) is 0 Å². The van der Waals surface area contributed by atoms with Gasteiger partial charge in [0.15, 0.2) is 0 Å². The molecule has 1 heterocycles. The van der Waals surface area contributed by atoms with E-state index < -0.39 is 0 Å². The molecule has 2 rings (SSSR count). The van der Waals surface area contributed by atoms with Gasteiger partial charge in [-0.2, -0.15) is 0 Å². The lowest BCUT2D eigenvalue weighted by atomic mass is 10.1. The van der Waals surface area contributed by atoms with E-state index in [1.807, 2.05) is 7.05 Å². The molecule has 2 heteroatoms. The van der Waals surface area contributed by atoms with Crippen LogP contribution in [0.15, 0.2) is 24.3 Å². The van der Waals surface area contributed by atoms with E-state index in [0.717, 1.165) is 6.54 Å². The monoisotopic (exact) mass is 232 g/mol. The second-order valence-corrected chi connectivity index (χ2v) is 5.04. The van der Waals surface area contributed by atoms with Gasteiger partial charge in [-0.05, 0) is 51.4 Å². The summed E-state index contributed by atoms with van der Waals surface area (Å²) in [4.78, 5) is 2.58. The molecule has 0 amide bonds. The van der Waals surface area contributed by atoms with Crippen LogP contribution in [0.2, 0.25) is 0 Å². The van der Waals surface area contributed by atoms with Crippen LogP contribution in [0.25, 0.3) is 0 Å². The Morgan fingerprint density at radius 2 is 2.06 bits per heavy atom. The molecule has 1 aliphatic rings. The van der Waals surface area contributed by atoms with Crippen LogP contribution in [0.1, 0.15) is 31.7 Å². The van der Waals surface area contributed by atoms with Gasteiger partial charge in [-0.3, -0.25) is 0 Å². The third-order valence-electron chi connectivity index (χ3n) is 3.67. The van der Waals surface area contributed by atoms with Crippen molar-refractivity contribution in [2.45, 2.75) is 38.6 Å². The lowest BCUT2D eigenvalue weighted by Crippen LogP contribution is -2.30. The van der Waals surface area contributed by atoms with Crippen molar-refractivity contribution in [1.82, 2.24) is 5.32 Å². The summed E-state index contributed by atoms with van der Waals surface area (Å²) in [6, 6.07) is 9.53. The maximum absolute atomic E-state index is 3.21. The Hall–Kier alpha value is -1.02. The first-order valence-corrected chi connectivity index (χ1v) is 6.82. The van der Waals surface area contributed by atoms with Gasteiger partial charge in [0.2, 0.25) is 0 Å². The van der Waals surface area contributed by atoms with Crippen molar-refractivity contribution < 1.29 is 0 Å². The second kappa shape index (κ2) is 6.06. The number of hydrogen-bond acceptors (Lipinski definition) is 2. The van der Waals surface area contributed by atoms with Gasteiger partial charge in [-0.25, -0.2) is 0 Å². The highest BCUT2D eigenvalue weighted by Crippen LogP contribution is 2.31. The third kappa shape index (κ3) is 3.01.